The van der Waals surface area contributed by atoms with Gasteiger partial charge in [0.05, 0.1) is 23.5 Å². The Balaban J connectivity index is 1.71. The van der Waals surface area contributed by atoms with Crippen LogP contribution in [0.3, 0.4) is 0 Å². The van der Waals surface area contributed by atoms with Crippen molar-refractivity contribution in [1.82, 2.24) is 14.7 Å². The fourth-order valence-corrected chi connectivity index (χ4v) is 5.19. The van der Waals surface area contributed by atoms with Crippen LogP contribution < -0.4 is 0 Å². The lowest BCUT2D eigenvalue weighted by atomic mass is 10.2. The van der Waals surface area contributed by atoms with Crippen molar-refractivity contribution in [3.63, 3.8) is 0 Å². The summed E-state index contributed by atoms with van der Waals surface area (Å²) >= 11 is 5.97. The van der Waals surface area contributed by atoms with Crippen LogP contribution in [0.2, 0.25) is 5.02 Å². The highest BCUT2D eigenvalue weighted by Crippen LogP contribution is 2.26. The third kappa shape index (κ3) is 3.57. The number of hydrogen-bond acceptors (Lipinski definition) is 5. The number of amides is 1. The monoisotopic (exact) mass is 419 g/mol. The number of carbonyl (C=O) groups excluding carboxylic acids is 1. The van der Waals surface area contributed by atoms with Gasteiger partial charge >= 0.3 is 0 Å². The van der Waals surface area contributed by atoms with Crippen molar-refractivity contribution < 1.29 is 17.6 Å². The molecule has 0 N–H and O–H groups in total. The van der Waals surface area contributed by atoms with Crippen molar-refractivity contribution in [2.24, 2.45) is 0 Å². The number of sulfone groups is 1. The van der Waals surface area contributed by atoms with E-state index in [0.717, 1.165) is 5.69 Å². The summed E-state index contributed by atoms with van der Waals surface area (Å²) in [5, 5.41) is 5.06. The van der Waals surface area contributed by atoms with E-state index >= 15 is 0 Å². The van der Waals surface area contributed by atoms with Gasteiger partial charge in [-0.2, -0.15) is 5.10 Å². The molecule has 3 aromatic rings. The summed E-state index contributed by atoms with van der Waals surface area (Å²) in [4.78, 5) is 14.4. The highest BCUT2D eigenvalue weighted by atomic mass is 35.5. The predicted molar refractivity (Wildman–Crippen MR) is 105 cm³/mol. The van der Waals surface area contributed by atoms with E-state index in [2.05, 4.69) is 5.10 Å². The average molecular weight is 420 g/mol. The molecule has 0 radical (unpaired) electrons. The second-order valence-electron chi connectivity index (χ2n) is 6.75. The van der Waals surface area contributed by atoms with Crippen LogP contribution in [0.25, 0.3) is 17.1 Å². The minimum absolute atomic E-state index is 0.0157. The van der Waals surface area contributed by atoms with Crippen molar-refractivity contribution in [2.75, 3.05) is 18.6 Å². The highest BCUT2D eigenvalue weighted by molar-refractivity contribution is 7.91. The molecule has 2 aromatic heterocycles. The number of furan rings is 1. The van der Waals surface area contributed by atoms with Gasteiger partial charge in [0.2, 0.25) is 0 Å². The Kier molecular flexibility index (Phi) is 4.76. The molecule has 0 spiro atoms. The molecule has 1 saturated heterocycles. The summed E-state index contributed by atoms with van der Waals surface area (Å²) < 4.78 is 30.6. The Labute approximate surface area is 167 Å². The first-order valence-electron chi connectivity index (χ1n) is 8.71. The Bertz CT molecular complexity index is 1100. The van der Waals surface area contributed by atoms with Crippen LogP contribution in [-0.4, -0.2) is 53.6 Å². The molecule has 1 atom stereocenters. The van der Waals surface area contributed by atoms with Gasteiger partial charge in [0.25, 0.3) is 5.91 Å². The minimum atomic E-state index is -3.09. The van der Waals surface area contributed by atoms with Crippen molar-refractivity contribution in [3.8, 4) is 17.1 Å². The first-order valence-corrected chi connectivity index (χ1v) is 10.9. The standard InChI is InChI=1S/C19H18ClN3O4S/c1-22(15-8-10-28(25,26)12-15)19(24)16-11-17(18-3-2-9-27-18)23(21-16)14-6-4-13(20)5-7-14/h2-7,9,11,15H,8,10,12H2,1H3. The quantitative estimate of drug-likeness (QED) is 0.648. The Morgan fingerprint density at radius 1 is 1.29 bits per heavy atom. The van der Waals surface area contributed by atoms with Gasteiger partial charge in [0, 0.05) is 24.2 Å². The number of hydrogen-bond donors (Lipinski definition) is 0. The van der Waals surface area contributed by atoms with E-state index in [-0.39, 0.29) is 29.1 Å². The Morgan fingerprint density at radius 3 is 2.64 bits per heavy atom. The topological polar surface area (TPSA) is 85.4 Å². The van der Waals surface area contributed by atoms with Gasteiger partial charge in [-0.25, -0.2) is 13.1 Å². The number of benzene rings is 1. The zero-order valence-electron chi connectivity index (χ0n) is 15.1. The lowest BCUT2D eigenvalue weighted by Gasteiger charge is -2.22. The zero-order valence-corrected chi connectivity index (χ0v) is 16.7. The highest BCUT2D eigenvalue weighted by Gasteiger charge is 2.34. The van der Waals surface area contributed by atoms with E-state index < -0.39 is 9.84 Å². The summed E-state index contributed by atoms with van der Waals surface area (Å²) in [5.74, 6) is 0.319. The summed E-state index contributed by atoms with van der Waals surface area (Å²) in [5.41, 5.74) is 1.55. The smallest absolute Gasteiger partial charge is 0.274 e. The van der Waals surface area contributed by atoms with Crippen molar-refractivity contribution >= 4 is 27.3 Å². The number of carbonyl (C=O) groups is 1. The van der Waals surface area contributed by atoms with Crippen LogP contribution in [-0.2, 0) is 9.84 Å². The molecule has 1 fully saturated rings. The van der Waals surface area contributed by atoms with E-state index in [0.29, 0.717) is 22.9 Å². The molecule has 0 bridgehead atoms. The minimum Gasteiger partial charge on any atom is -0.463 e. The van der Waals surface area contributed by atoms with Crippen LogP contribution in [0, 0.1) is 0 Å². The average Bonchev–Trinajstić information content (AvgIpc) is 3.40. The Hall–Kier alpha value is -2.58. The second kappa shape index (κ2) is 7.10. The molecular weight excluding hydrogens is 402 g/mol. The van der Waals surface area contributed by atoms with E-state index in [1.807, 2.05) is 0 Å². The lowest BCUT2D eigenvalue weighted by molar-refractivity contribution is 0.0741. The van der Waals surface area contributed by atoms with Crippen LogP contribution in [0.1, 0.15) is 16.9 Å². The largest absolute Gasteiger partial charge is 0.463 e. The molecule has 1 aliphatic heterocycles. The first-order chi connectivity index (χ1) is 13.3. The van der Waals surface area contributed by atoms with E-state index in [4.69, 9.17) is 16.0 Å². The molecule has 1 aliphatic rings. The number of halogens is 1. The SMILES string of the molecule is CN(C(=O)c1cc(-c2ccco2)n(-c2ccc(Cl)cc2)n1)C1CCS(=O)(=O)C1. The summed E-state index contributed by atoms with van der Waals surface area (Å²) in [6.07, 6.45) is 1.99. The van der Waals surface area contributed by atoms with Gasteiger partial charge in [-0.1, -0.05) is 11.6 Å². The molecule has 0 saturated carbocycles. The molecule has 9 heteroatoms. The second-order valence-corrected chi connectivity index (χ2v) is 9.42. The maximum atomic E-state index is 13.0. The van der Waals surface area contributed by atoms with Gasteiger partial charge in [-0.3, -0.25) is 4.79 Å². The fraction of sp³-hybridized carbons (Fsp3) is 0.263. The zero-order chi connectivity index (χ0) is 19.9. The van der Waals surface area contributed by atoms with E-state index in [9.17, 15) is 13.2 Å². The summed E-state index contributed by atoms with van der Waals surface area (Å²) in [6.45, 7) is 0. The van der Waals surface area contributed by atoms with Gasteiger partial charge < -0.3 is 9.32 Å². The maximum Gasteiger partial charge on any atom is 0.274 e. The van der Waals surface area contributed by atoms with Crippen molar-refractivity contribution in [3.05, 3.63) is 59.4 Å². The molecule has 1 aromatic carbocycles. The van der Waals surface area contributed by atoms with Gasteiger partial charge in [0.15, 0.2) is 21.3 Å². The van der Waals surface area contributed by atoms with Crippen molar-refractivity contribution in [1.29, 1.82) is 0 Å². The molecule has 0 aliphatic carbocycles. The fourth-order valence-electron chi connectivity index (χ4n) is 3.29. The number of aromatic nitrogens is 2. The number of rotatable bonds is 4. The normalized spacial score (nSPS) is 18.3. The van der Waals surface area contributed by atoms with Crippen molar-refractivity contribution in [2.45, 2.75) is 12.5 Å². The third-order valence-corrected chi connectivity index (χ3v) is 6.85. The van der Waals surface area contributed by atoms with Crippen LogP contribution in [0.15, 0.2) is 53.1 Å². The van der Waals surface area contributed by atoms with Gasteiger partial charge in [-0.05, 0) is 42.8 Å². The molecule has 7 nitrogen and oxygen atoms in total. The molecule has 28 heavy (non-hydrogen) atoms. The molecule has 146 valence electrons. The summed E-state index contributed by atoms with van der Waals surface area (Å²) in [6, 6.07) is 11.9. The predicted octanol–water partition coefficient (Wildman–Crippen LogP) is 3.04. The van der Waals surface area contributed by atoms with E-state index in [1.54, 1.807) is 60.5 Å². The molecule has 3 heterocycles. The van der Waals surface area contributed by atoms with Crippen LogP contribution >= 0.6 is 11.6 Å². The third-order valence-electron chi connectivity index (χ3n) is 4.85. The summed E-state index contributed by atoms with van der Waals surface area (Å²) in [7, 11) is -1.48. The molecule has 4 rings (SSSR count). The first kappa shape index (κ1) is 18.8. The maximum absolute atomic E-state index is 13.0. The van der Waals surface area contributed by atoms with E-state index in [1.165, 1.54) is 4.90 Å². The Morgan fingerprint density at radius 2 is 2.04 bits per heavy atom. The molecular formula is C19H18ClN3O4S. The van der Waals surface area contributed by atoms with Crippen LogP contribution in [0.4, 0.5) is 0 Å². The molecule has 1 amide bonds. The van der Waals surface area contributed by atoms with Gasteiger partial charge in [-0.15, -0.1) is 0 Å². The molecule has 1 unspecified atom stereocenters. The van der Waals surface area contributed by atoms with Gasteiger partial charge in [0.1, 0.15) is 5.69 Å². The van der Waals surface area contributed by atoms with Crippen LogP contribution in [0.5, 0.6) is 0 Å². The lowest BCUT2D eigenvalue weighted by Crippen LogP contribution is -2.38. The number of nitrogens with zero attached hydrogens (tertiary/aromatic N) is 3.